The van der Waals surface area contributed by atoms with Gasteiger partial charge in [0.15, 0.2) is 0 Å². The molecule has 0 aromatic heterocycles. The summed E-state index contributed by atoms with van der Waals surface area (Å²) in [6, 6.07) is 5.75. The van der Waals surface area contributed by atoms with E-state index in [9.17, 15) is 5.11 Å². The Morgan fingerprint density at radius 2 is 2.10 bits per heavy atom. The fraction of sp³-hybridized carbons (Fsp3) is 0.625. The number of hydrogen-bond donors (Lipinski definition) is 2. The maximum atomic E-state index is 10.7. The SMILES string of the molecule is COc1cccc(N(C)CC2(O)CCOCC2)c1C(C)N. The highest BCUT2D eigenvalue weighted by molar-refractivity contribution is 5.60. The Balaban J connectivity index is 2.24. The largest absolute Gasteiger partial charge is 0.496 e. The van der Waals surface area contributed by atoms with E-state index in [4.69, 9.17) is 15.2 Å². The van der Waals surface area contributed by atoms with E-state index in [1.54, 1.807) is 7.11 Å². The molecule has 0 spiro atoms. The zero-order chi connectivity index (χ0) is 15.5. The molecule has 1 aromatic rings. The number of ether oxygens (including phenoxy) is 2. The summed E-state index contributed by atoms with van der Waals surface area (Å²) >= 11 is 0. The van der Waals surface area contributed by atoms with Crippen molar-refractivity contribution >= 4 is 5.69 Å². The van der Waals surface area contributed by atoms with E-state index in [-0.39, 0.29) is 6.04 Å². The van der Waals surface area contributed by atoms with Crippen LogP contribution in [-0.2, 0) is 4.74 Å². The molecule has 21 heavy (non-hydrogen) atoms. The first kappa shape index (κ1) is 16.1. The van der Waals surface area contributed by atoms with Gasteiger partial charge in [0.25, 0.3) is 0 Å². The van der Waals surface area contributed by atoms with Crippen LogP contribution in [0.1, 0.15) is 31.4 Å². The number of benzene rings is 1. The molecule has 2 rings (SSSR count). The van der Waals surface area contributed by atoms with Crippen LogP contribution in [0.25, 0.3) is 0 Å². The molecule has 0 aliphatic carbocycles. The number of hydrogen-bond acceptors (Lipinski definition) is 5. The minimum Gasteiger partial charge on any atom is -0.496 e. The molecule has 1 saturated heterocycles. The maximum absolute atomic E-state index is 10.7. The summed E-state index contributed by atoms with van der Waals surface area (Å²) in [5, 5.41) is 10.7. The third kappa shape index (κ3) is 3.67. The molecule has 1 atom stereocenters. The van der Waals surface area contributed by atoms with Gasteiger partial charge >= 0.3 is 0 Å². The van der Waals surface area contributed by atoms with Crippen LogP contribution in [0.15, 0.2) is 18.2 Å². The quantitative estimate of drug-likeness (QED) is 0.865. The predicted molar refractivity (Wildman–Crippen MR) is 83.9 cm³/mol. The van der Waals surface area contributed by atoms with Crippen molar-refractivity contribution in [1.82, 2.24) is 0 Å². The van der Waals surface area contributed by atoms with Crippen molar-refractivity contribution in [3.05, 3.63) is 23.8 Å². The number of nitrogens with zero attached hydrogens (tertiary/aromatic N) is 1. The zero-order valence-electron chi connectivity index (χ0n) is 13.1. The summed E-state index contributed by atoms with van der Waals surface area (Å²) in [6.45, 7) is 3.73. The smallest absolute Gasteiger partial charge is 0.125 e. The van der Waals surface area contributed by atoms with Crippen LogP contribution in [-0.4, -0.2) is 44.6 Å². The Hall–Kier alpha value is -1.30. The van der Waals surface area contributed by atoms with Crippen molar-refractivity contribution in [1.29, 1.82) is 0 Å². The lowest BCUT2D eigenvalue weighted by atomic mass is 9.93. The van der Waals surface area contributed by atoms with Crippen LogP contribution in [0.4, 0.5) is 5.69 Å². The first-order chi connectivity index (χ1) is 9.97. The van der Waals surface area contributed by atoms with Crippen molar-refractivity contribution in [3.8, 4) is 5.75 Å². The van der Waals surface area contributed by atoms with Crippen LogP contribution in [0, 0.1) is 0 Å². The van der Waals surface area contributed by atoms with Gasteiger partial charge in [0.05, 0.1) is 12.7 Å². The minimum atomic E-state index is -0.703. The number of aliphatic hydroxyl groups is 1. The molecule has 0 amide bonds. The average molecular weight is 294 g/mol. The van der Waals surface area contributed by atoms with Crippen LogP contribution in [0.2, 0.25) is 0 Å². The Morgan fingerprint density at radius 1 is 1.43 bits per heavy atom. The molecule has 0 bridgehead atoms. The first-order valence-electron chi connectivity index (χ1n) is 7.40. The fourth-order valence-electron chi connectivity index (χ4n) is 2.94. The molecule has 1 unspecified atom stereocenters. The highest BCUT2D eigenvalue weighted by Gasteiger charge is 2.32. The van der Waals surface area contributed by atoms with Gasteiger partial charge in [0.2, 0.25) is 0 Å². The van der Waals surface area contributed by atoms with E-state index in [1.807, 2.05) is 32.2 Å². The molecule has 118 valence electrons. The van der Waals surface area contributed by atoms with Crippen molar-refractivity contribution in [2.75, 3.05) is 38.8 Å². The fourth-order valence-corrected chi connectivity index (χ4v) is 2.94. The molecule has 1 heterocycles. The Labute approximate surface area is 126 Å². The molecule has 5 heteroatoms. The van der Waals surface area contributed by atoms with Gasteiger partial charge in [0.1, 0.15) is 5.75 Å². The van der Waals surface area contributed by atoms with Crippen molar-refractivity contribution in [2.24, 2.45) is 5.73 Å². The monoisotopic (exact) mass is 294 g/mol. The van der Waals surface area contributed by atoms with Crippen LogP contribution >= 0.6 is 0 Å². The van der Waals surface area contributed by atoms with Gasteiger partial charge in [-0.1, -0.05) is 6.07 Å². The van der Waals surface area contributed by atoms with Gasteiger partial charge in [-0.25, -0.2) is 0 Å². The Morgan fingerprint density at radius 3 is 2.67 bits per heavy atom. The number of likely N-dealkylation sites (N-methyl/N-ethyl adjacent to an activating group) is 1. The molecule has 5 nitrogen and oxygen atoms in total. The normalized spacial score (nSPS) is 19.1. The third-order valence-corrected chi connectivity index (χ3v) is 4.08. The molecule has 1 aromatic carbocycles. The molecular formula is C16H26N2O3. The standard InChI is InChI=1S/C16H26N2O3/c1-12(17)15-13(5-4-6-14(15)20-3)18(2)11-16(19)7-9-21-10-8-16/h4-6,12,19H,7-11,17H2,1-3H3. The summed E-state index contributed by atoms with van der Waals surface area (Å²) in [5.41, 5.74) is 7.38. The highest BCUT2D eigenvalue weighted by Crippen LogP contribution is 2.34. The van der Waals surface area contributed by atoms with E-state index < -0.39 is 5.60 Å². The third-order valence-electron chi connectivity index (χ3n) is 4.08. The second-order valence-electron chi connectivity index (χ2n) is 5.87. The Bertz CT molecular complexity index is 471. The van der Waals surface area contributed by atoms with Gasteiger partial charge in [-0.05, 0) is 19.1 Å². The summed E-state index contributed by atoms with van der Waals surface area (Å²) in [4.78, 5) is 2.06. The molecule has 1 aliphatic heterocycles. The van der Waals surface area contributed by atoms with Gasteiger partial charge in [0, 0.05) is 56.9 Å². The van der Waals surface area contributed by atoms with E-state index in [2.05, 4.69) is 4.90 Å². The van der Waals surface area contributed by atoms with Gasteiger partial charge in [-0.3, -0.25) is 0 Å². The Kier molecular flexibility index (Phi) is 5.08. The number of methoxy groups -OCH3 is 1. The molecule has 0 saturated carbocycles. The lowest BCUT2D eigenvalue weighted by molar-refractivity contribution is -0.0572. The van der Waals surface area contributed by atoms with Crippen LogP contribution < -0.4 is 15.4 Å². The van der Waals surface area contributed by atoms with Crippen LogP contribution in [0.5, 0.6) is 5.75 Å². The minimum absolute atomic E-state index is 0.136. The second-order valence-corrected chi connectivity index (χ2v) is 5.87. The summed E-state index contributed by atoms with van der Waals surface area (Å²) < 4.78 is 10.8. The van der Waals surface area contributed by atoms with Gasteiger partial charge < -0.3 is 25.2 Å². The maximum Gasteiger partial charge on any atom is 0.125 e. The molecule has 1 aliphatic rings. The van der Waals surface area contributed by atoms with Gasteiger partial charge in [-0.15, -0.1) is 0 Å². The number of nitrogens with two attached hydrogens (primary N) is 1. The summed E-state index contributed by atoms with van der Waals surface area (Å²) in [7, 11) is 3.63. The van der Waals surface area contributed by atoms with E-state index in [0.29, 0.717) is 32.6 Å². The summed E-state index contributed by atoms with van der Waals surface area (Å²) in [5.74, 6) is 0.785. The molecule has 3 N–H and O–H groups in total. The van der Waals surface area contributed by atoms with Crippen LogP contribution in [0.3, 0.4) is 0 Å². The highest BCUT2D eigenvalue weighted by atomic mass is 16.5. The molecule has 0 radical (unpaired) electrons. The molecule has 1 fully saturated rings. The van der Waals surface area contributed by atoms with Crippen molar-refractivity contribution in [2.45, 2.75) is 31.4 Å². The topological polar surface area (TPSA) is 68.0 Å². The second kappa shape index (κ2) is 6.64. The van der Waals surface area contributed by atoms with Gasteiger partial charge in [-0.2, -0.15) is 0 Å². The van der Waals surface area contributed by atoms with E-state index in [0.717, 1.165) is 17.0 Å². The average Bonchev–Trinajstić information content (AvgIpc) is 2.46. The first-order valence-corrected chi connectivity index (χ1v) is 7.40. The lowest BCUT2D eigenvalue weighted by Gasteiger charge is -2.37. The van der Waals surface area contributed by atoms with E-state index in [1.165, 1.54) is 0 Å². The van der Waals surface area contributed by atoms with Crippen molar-refractivity contribution < 1.29 is 14.6 Å². The zero-order valence-corrected chi connectivity index (χ0v) is 13.1. The molecular weight excluding hydrogens is 268 g/mol. The van der Waals surface area contributed by atoms with Crippen molar-refractivity contribution in [3.63, 3.8) is 0 Å². The predicted octanol–water partition coefficient (Wildman–Crippen LogP) is 1.69. The number of anilines is 1. The number of rotatable bonds is 5. The summed E-state index contributed by atoms with van der Waals surface area (Å²) in [6.07, 6.45) is 1.32. The lowest BCUT2D eigenvalue weighted by Crippen LogP contribution is -2.46. The van der Waals surface area contributed by atoms with E-state index >= 15 is 0 Å².